The van der Waals surface area contributed by atoms with Gasteiger partial charge in [-0.1, -0.05) is 48.4 Å². The Balaban J connectivity index is 1.52. The van der Waals surface area contributed by atoms with E-state index in [2.05, 4.69) is 4.90 Å². The van der Waals surface area contributed by atoms with Crippen LogP contribution >= 0.6 is 11.6 Å². The van der Waals surface area contributed by atoms with E-state index in [1.807, 2.05) is 24.3 Å². The number of anilines is 1. The zero-order chi connectivity index (χ0) is 27.0. The van der Waals surface area contributed by atoms with Crippen LogP contribution in [-0.2, 0) is 23.1 Å². The van der Waals surface area contributed by atoms with E-state index < -0.39 is 10.0 Å². The van der Waals surface area contributed by atoms with E-state index >= 15 is 0 Å². The molecule has 0 spiro atoms. The van der Waals surface area contributed by atoms with Gasteiger partial charge in [-0.15, -0.1) is 5.23 Å². The first kappa shape index (κ1) is 28.4. The fourth-order valence-electron chi connectivity index (χ4n) is 4.54. The van der Waals surface area contributed by atoms with Crippen LogP contribution in [0.15, 0.2) is 77.7 Å². The van der Waals surface area contributed by atoms with Crippen molar-refractivity contribution < 1.29 is 23.6 Å². The molecule has 0 aromatic heterocycles. The van der Waals surface area contributed by atoms with Crippen molar-refractivity contribution in [3.8, 4) is 5.75 Å². The molecule has 0 saturated carbocycles. The van der Waals surface area contributed by atoms with Crippen LogP contribution in [0.1, 0.15) is 36.8 Å². The van der Waals surface area contributed by atoms with Gasteiger partial charge in [0.2, 0.25) is 10.0 Å². The van der Waals surface area contributed by atoms with Crippen LogP contribution in [-0.4, -0.2) is 54.3 Å². The van der Waals surface area contributed by atoms with E-state index in [9.17, 15) is 18.8 Å². The minimum atomic E-state index is -3.89. The topological polar surface area (TPSA) is 93.6 Å². The molecule has 0 radical (unpaired) electrons. The number of nitrogens with zero attached hydrogens (tertiary/aromatic N) is 3. The maximum Gasteiger partial charge on any atom is 0.243 e. The largest absolute Gasteiger partial charge is 0.493 e. The first-order chi connectivity index (χ1) is 18.3. The number of piperidine rings is 1. The third-order valence-corrected chi connectivity index (χ3v) is 8.68. The molecule has 1 aliphatic rings. The quantitative estimate of drug-likeness (QED) is 0.221. The van der Waals surface area contributed by atoms with Gasteiger partial charge in [-0.3, -0.25) is 10.4 Å². The SMILES string of the molecule is O=S(=O)(c1ccc(Cl)cc1)N(Cc1ccc(N(O)O)cc1)Cc1ccccc1OCCCN1CCCCC1. The first-order valence-electron chi connectivity index (χ1n) is 12.8. The molecule has 38 heavy (non-hydrogen) atoms. The minimum absolute atomic E-state index is 0.0187. The second-order valence-electron chi connectivity index (χ2n) is 9.39. The Morgan fingerprint density at radius 1 is 0.868 bits per heavy atom. The Morgan fingerprint density at radius 3 is 2.24 bits per heavy atom. The minimum Gasteiger partial charge on any atom is -0.493 e. The van der Waals surface area contributed by atoms with Crippen molar-refractivity contribution >= 4 is 27.3 Å². The molecule has 0 bridgehead atoms. The van der Waals surface area contributed by atoms with Crippen molar-refractivity contribution in [2.24, 2.45) is 0 Å². The van der Waals surface area contributed by atoms with E-state index in [0.717, 1.165) is 31.6 Å². The average Bonchev–Trinajstić information content (AvgIpc) is 2.92. The molecule has 1 aliphatic heterocycles. The van der Waals surface area contributed by atoms with Crippen molar-refractivity contribution in [2.45, 2.75) is 43.7 Å². The number of likely N-dealkylation sites (tertiary alicyclic amines) is 1. The lowest BCUT2D eigenvalue weighted by molar-refractivity contribution is 0.0291. The third-order valence-electron chi connectivity index (χ3n) is 6.62. The Kier molecular flexibility index (Phi) is 10.0. The molecule has 0 aliphatic carbocycles. The van der Waals surface area contributed by atoms with Gasteiger partial charge < -0.3 is 9.64 Å². The number of hydrogen-bond acceptors (Lipinski definition) is 7. The molecule has 3 aromatic carbocycles. The van der Waals surface area contributed by atoms with Gasteiger partial charge in [0, 0.05) is 30.2 Å². The number of benzene rings is 3. The summed E-state index contributed by atoms with van der Waals surface area (Å²) in [7, 11) is -3.89. The summed E-state index contributed by atoms with van der Waals surface area (Å²) in [5, 5.41) is 18.9. The summed E-state index contributed by atoms with van der Waals surface area (Å²) in [5.41, 5.74) is 1.62. The smallest absolute Gasteiger partial charge is 0.243 e. The van der Waals surface area contributed by atoms with Crippen molar-refractivity contribution in [1.82, 2.24) is 9.21 Å². The van der Waals surface area contributed by atoms with Gasteiger partial charge in [0.25, 0.3) is 0 Å². The molecule has 1 heterocycles. The van der Waals surface area contributed by atoms with Crippen LogP contribution in [0.25, 0.3) is 0 Å². The van der Waals surface area contributed by atoms with Crippen LogP contribution in [0.5, 0.6) is 5.75 Å². The van der Waals surface area contributed by atoms with E-state index in [4.69, 9.17) is 16.3 Å². The molecular weight excluding hydrogens is 526 g/mol. The summed E-state index contributed by atoms with van der Waals surface area (Å²) in [6.45, 7) is 4.01. The number of rotatable bonds is 12. The maximum atomic E-state index is 13.7. The monoisotopic (exact) mass is 559 g/mol. The Morgan fingerprint density at radius 2 is 1.55 bits per heavy atom. The molecule has 1 saturated heterocycles. The molecule has 0 atom stereocenters. The van der Waals surface area contributed by atoms with Crippen molar-refractivity contribution in [2.75, 3.05) is 31.5 Å². The van der Waals surface area contributed by atoms with Gasteiger partial charge in [-0.2, -0.15) is 4.31 Å². The Bertz CT molecular complexity index is 1260. The Hall–Kier alpha value is -2.66. The standard InChI is InChI=1S/C28H34ClN3O5S/c29-25-11-15-27(16-12-25)38(35,36)31(21-23-9-13-26(14-10-23)32(33)34)22-24-7-2-3-8-28(24)37-20-6-19-30-17-4-1-5-18-30/h2-3,7-16,33-34H,1,4-6,17-22H2. The van der Waals surface area contributed by atoms with Gasteiger partial charge in [-0.25, -0.2) is 8.42 Å². The van der Waals surface area contributed by atoms with Crippen LogP contribution in [0.2, 0.25) is 5.02 Å². The molecular formula is C28H34ClN3O5S. The van der Waals surface area contributed by atoms with Crippen molar-refractivity contribution in [3.63, 3.8) is 0 Å². The summed E-state index contributed by atoms with van der Waals surface area (Å²) >= 11 is 6.00. The summed E-state index contributed by atoms with van der Waals surface area (Å²) in [6, 6.07) is 19.9. The number of halogens is 1. The highest BCUT2D eigenvalue weighted by molar-refractivity contribution is 7.89. The number of hydrogen-bond donors (Lipinski definition) is 2. The van der Waals surface area contributed by atoms with Gasteiger partial charge in [-0.05, 0) is 80.4 Å². The zero-order valence-corrected chi connectivity index (χ0v) is 22.8. The van der Waals surface area contributed by atoms with Crippen LogP contribution in [0, 0.1) is 0 Å². The predicted molar refractivity (Wildman–Crippen MR) is 147 cm³/mol. The van der Waals surface area contributed by atoms with Gasteiger partial charge in [0.1, 0.15) is 5.75 Å². The highest BCUT2D eigenvalue weighted by Crippen LogP contribution is 2.27. The predicted octanol–water partition coefficient (Wildman–Crippen LogP) is 5.57. The first-order valence-corrected chi connectivity index (χ1v) is 14.6. The maximum absolute atomic E-state index is 13.7. The average molecular weight is 560 g/mol. The van der Waals surface area contributed by atoms with Crippen molar-refractivity contribution in [3.05, 3.63) is 88.9 Å². The fraction of sp³-hybridized carbons (Fsp3) is 0.357. The van der Waals surface area contributed by atoms with E-state index in [-0.39, 0.29) is 28.9 Å². The van der Waals surface area contributed by atoms with Crippen molar-refractivity contribution in [1.29, 1.82) is 0 Å². The summed E-state index contributed by atoms with van der Waals surface area (Å²) in [4.78, 5) is 2.60. The summed E-state index contributed by atoms with van der Waals surface area (Å²) in [5.74, 6) is 0.661. The summed E-state index contributed by atoms with van der Waals surface area (Å²) < 4.78 is 35.0. The second-order valence-corrected chi connectivity index (χ2v) is 11.8. The Labute approximate surface area is 229 Å². The highest BCUT2D eigenvalue weighted by atomic mass is 35.5. The molecule has 2 N–H and O–H groups in total. The fourth-order valence-corrected chi connectivity index (χ4v) is 6.07. The van der Waals surface area contributed by atoms with Crippen LogP contribution in [0.3, 0.4) is 0 Å². The zero-order valence-electron chi connectivity index (χ0n) is 21.2. The third kappa shape index (κ3) is 7.69. The summed E-state index contributed by atoms with van der Waals surface area (Å²) in [6.07, 6.45) is 4.71. The highest BCUT2D eigenvalue weighted by Gasteiger charge is 2.26. The molecule has 3 aromatic rings. The van der Waals surface area contributed by atoms with E-state index in [0.29, 0.717) is 22.9 Å². The number of ether oxygens (including phenoxy) is 1. The number of para-hydroxylation sites is 1. The number of sulfonamides is 1. The molecule has 10 heteroatoms. The van der Waals surface area contributed by atoms with Gasteiger partial charge in [0.15, 0.2) is 0 Å². The van der Waals surface area contributed by atoms with Gasteiger partial charge in [0.05, 0.1) is 17.2 Å². The lowest BCUT2D eigenvalue weighted by atomic mass is 10.1. The molecule has 0 unspecified atom stereocenters. The molecule has 4 rings (SSSR count). The normalized spacial score (nSPS) is 14.5. The van der Waals surface area contributed by atoms with Crippen LogP contribution in [0.4, 0.5) is 5.69 Å². The molecule has 0 amide bonds. The van der Waals surface area contributed by atoms with Gasteiger partial charge >= 0.3 is 0 Å². The lowest BCUT2D eigenvalue weighted by Gasteiger charge is -2.26. The van der Waals surface area contributed by atoms with E-state index in [1.54, 1.807) is 24.3 Å². The molecule has 204 valence electrons. The van der Waals surface area contributed by atoms with Crippen LogP contribution < -0.4 is 9.96 Å². The van der Waals surface area contributed by atoms with E-state index in [1.165, 1.54) is 47.8 Å². The molecule has 1 fully saturated rings. The second kappa shape index (κ2) is 13.4. The molecule has 8 nitrogen and oxygen atoms in total. The lowest BCUT2D eigenvalue weighted by Crippen LogP contribution is -2.31.